The molecule has 154 valence electrons. The maximum Gasteiger partial charge on any atom is 0.266 e. The highest BCUT2D eigenvalue weighted by molar-refractivity contribution is 8.18. The van der Waals surface area contributed by atoms with E-state index in [0.717, 1.165) is 27.8 Å². The van der Waals surface area contributed by atoms with E-state index >= 15 is 0 Å². The van der Waals surface area contributed by atoms with Gasteiger partial charge in [-0.3, -0.25) is 14.7 Å². The average molecular weight is 410 g/mol. The lowest BCUT2D eigenvalue weighted by atomic mass is 10.1. The van der Waals surface area contributed by atoms with E-state index in [2.05, 4.69) is 60.7 Å². The van der Waals surface area contributed by atoms with Gasteiger partial charge >= 0.3 is 0 Å². The Kier molecular flexibility index (Phi) is 7.01. The maximum absolute atomic E-state index is 12.8. The SMILES string of the molecule is CCCCc1ccc(-n2c(C)cc(/C=C3/SC(=NCC)N(CC)C3=O)c2C)cc1. The summed E-state index contributed by atoms with van der Waals surface area (Å²) in [5.74, 6) is 0.0507. The topological polar surface area (TPSA) is 37.6 Å². The third-order valence-electron chi connectivity index (χ3n) is 5.27. The van der Waals surface area contributed by atoms with Gasteiger partial charge in [-0.25, -0.2) is 0 Å². The van der Waals surface area contributed by atoms with E-state index in [4.69, 9.17) is 0 Å². The molecule has 5 heteroatoms. The minimum Gasteiger partial charge on any atom is -0.318 e. The van der Waals surface area contributed by atoms with Gasteiger partial charge in [-0.15, -0.1) is 0 Å². The highest BCUT2D eigenvalue weighted by Gasteiger charge is 2.32. The van der Waals surface area contributed by atoms with E-state index in [-0.39, 0.29) is 5.91 Å². The second-order valence-corrected chi connectivity index (χ2v) is 8.36. The first-order valence-electron chi connectivity index (χ1n) is 10.5. The maximum atomic E-state index is 12.8. The molecule has 0 saturated carbocycles. The predicted octanol–water partition coefficient (Wildman–Crippen LogP) is 5.75. The molecule has 0 N–H and O–H groups in total. The van der Waals surface area contributed by atoms with Crippen LogP contribution in [0.2, 0.25) is 0 Å². The second kappa shape index (κ2) is 9.49. The first kappa shape index (κ1) is 21.4. The van der Waals surface area contributed by atoms with Gasteiger partial charge in [-0.05, 0) is 87.7 Å². The highest BCUT2D eigenvalue weighted by Crippen LogP contribution is 2.34. The number of amidine groups is 1. The zero-order chi connectivity index (χ0) is 21.0. The van der Waals surface area contributed by atoms with Crippen molar-refractivity contribution in [2.45, 2.75) is 53.9 Å². The van der Waals surface area contributed by atoms with Gasteiger partial charge in [0.1, 0.15) is 0 Å². The van der Waals surface area contributed by atoms with Gasteiger partial charge in [0.05, 0.1) is 4.91 Å². The van der Waals surface area contributed by atoms with Crippen LogP contribution in [0.25, 0.3) is 11.8 Å². The van der Waals surface area contributed by atoms with E-state index in [1.165, 1.54) is 41.5 Å². The Hall–Kier alpha value is -2.27. The van der Waals surface area contributed by atoms with Crippen molar-refractivity contribution in [3.63, 3.8) is 0 Å². The number of likely N-dealkylation sites (N-methyl/N-ethyl adjacent to an activating group) is 1. The van der Waals surface area contributed by atoms with Gasteiger partial charge in [0.2, 0.25) is 0 Å². The lowest BCUT2D eigenvalue weighted by molar-refractivity contribution is -0.122. The zero-order valence-corrected chi connectivity index (χ0v) is 19.0. The van der Waals surface area contributed by atoms with Crippen LogP contribution in [0.5, 0.6) is 0 Å². The van der Waals surface area contributed by atoms with Crippen molar-refractivity contribution in [1.29, 1.82) is 0 Å². The number of benzene rings is 1. The van der Waals surface area contributed by atoms with Crippen LogP contribution in [0.3, 0.4) is 0 Å². The number of carbonyl (C=O) groups excluding carboxylic acids is 1. The molecule has 0 unspecified atom stereocenters. The van der Waals surface area contributed by atoms with E-state index < -0.39 is 0 Å². The minimum absolute atomic E-state index is 0.0507. The third kappa shape index (κ3) is 4.50. The molecule has 0 aliphatic carbocycles. The van der Waals surface area contributed by atoms with Crippen LogP contribution in [-0.2, 0) is 11.2 Å². The van der Waals surface area contributed by atoms with Crippen LogP contribution in [0.4, 0.5) is 0 Å². The van der Waals surface area contributed by atoms with Gasteiger partial charge in [-0.2, -0.15) is 0 Å². The van der Waals surface area contributed by atoms with Crippen LogP contribution in [-0.4, -0.2) is 33.6 Å². The largest absolute Gasteiger partial charge is 0.318 e. The van der Waals surface area contributed by atoms with Crippen molar-refractivity contribution in [1.82, 2.24) is 9.47 Å². The molecule has 1 amide bonds. The van der Waals surface area contributed by atoms with Crippen molar-refractivity contribution in [2.75, 3.05) is 13.1 Å². The smallest absolute Gasteiger partial charge is 0.266 e. The Morgan fingerprint density at radius 2 is 1.83 bits per heavy atom. The van der Waals surface area contributed by atoms with Crippen LogP contribution >= 0.6 is 11.8 Å². The summed E-state index contributed by atoms with van der Waals surface area (Å²) in [6.45, 7) is 11.8. The molecular weight excluding hydrogens is 378 g/mol. The quantitative estimate of drug-likeness (QED) is 0.546. The zero-order valence-electron chi connectivity index (χ0n) is 18.2. The number of aliphatic imine (C=N–C) groups is 1. The fraction of sp³-hybridized carbons (Fsp3) is 0.417. The Morgan fingerprint density at radius 1 is 1.10 bits per heavy atom. The van der Waals surface area contributed by atoms with Gasteiger partial charge in [-0.1, -0.05) is 25.5 Å². The number of unbranched alkanes of at least 4 members (excludes halogenated alkanes) is 1. The molecule has 1 saturated heterocycles. The van der Waals surface area contributed by atoms with Gasteiger partial charge in [0.15, 0.2) is 5.17 Å². The molecule has 3 rings (SSSR count). The summed E-state index contributed by atoms with van der Waals surface area (Å²) in [6, 6.07) is 11.0. The fourth-order valence-corrected chi connectivity index (χ4v) is 4.80. The lowest BCUT2D eigenvalue weighted by Crippen LogP contribution is -2.28. The first-order valence-corrected chi connectivity index (χ1v) is 11.4. The van der Waals surface area contributed by atoms with E-state index in [1.807, 2.05) is 19.9 Å². The summed E-state index contributed by atoms with van der Waals surface area (Å²) in [5, 5.41) is 0.808. The number of aryl methyl sites for hydroxylation is 2. The summed E-state index contributed by atoms with van der Waals surface area (Å²) >= 11 is 1.48. The predicted molar refractivity (Wildman–Crippen MR) is 125 cm³/mol. The monoisotopic (exact) mass is 409 g/mol. The highest BCUT2D eigenvalue weighted by atomic mass is 32.2. The number of thioether (sulfide) groups is 1. The molecule has 4 nitrogen and oxygen atoms in total. The summed E-state index contributed by atoms with van der Waals surface area (Å²) in [5.41, 5.74) is 5.95. The van der Waals surface area contributed by atoms with E-state index in [1.54, 1.807) is 4.90 Å². The first-order chi connectivity index (χ1) is 14.0. The Balaban J connectivity index is 1.91. The van der Waals surface area contributed by atoms with Crippen molar-refractivity contribution in [3.8, 4) is 5.69 Å². The van der Waals surface area contributed by atoms with Gasteiger partial charge in [0, 0.05) is 30.2 Å². The molecule has 1 fully saturated rings. The Morgan fingerprint density at radius 3 is 2.45 bits per heavy atom. The normalized spacial score (nSPS) is 17.1. The molecule has 0 atom stereocenters. The molecular formula is C24H31N3OS. The molecule has 2 aromatic rings. The minimum atomic E-state index is 0.0507. The number of carbonyl (C=O) groups is 1. The van der Waals surface area contributed by atoms with Crippen LogP contribution in [0.15, 0.2) is 40.2 Å². The summed E-state index contributed by atoms with van der Waals surface area (Å²) in [4.78, 5) is 19.8. The number of nitrogens with zero attached hydrogens (tertiary/aromatic N) is 3. The van der Waals surface area contributed by atoms with Gasteiger partial charge in [0.25, 0.3) is 5.91 Å². The molecule has 0 spiro atoms. The molecule has 1 aromatic carbocycles. The summed E-state index contributed by atoms with van der Waals surface area (Å²) in [7, 11) is 0. The van der Waals surface area contributed by atoms with E-state index in [9.17, 15) is 4.79 Å². The summed E-state index contributed by atoms with van der Waals surface area (Å²) < 4.78 is 2.26. The second-order valence-electron chi connectivity index (χ2n) is 7.35. The molecule has 2 heterocycles. The van der Waals surface area contributed by atoms with Crippen LogP contribution < -0.4 is 0 Å². The molecule has 1 aromatic heterocycles. The van der Waals surface area contributed by atoms with Crippen molar-refractivity contribution >= 4 is 28.9 Å². The van der Waals surface area contributed by atoms with Gasteiger partial charge < -0.3 is 4.57 Å². The fourth-order valence-electron chi connectivity index (χ4n) is 3.70. The average Bonchev–Trinajstić information content (AvgIpc) is 3.16. The molecule has 0 bridgehead atoms. The number of hydrogen-bond donors (Lipinski definition) is 0. The van der Waals surface area contributed by atoms with Crippen molar-refractivity contribution in [2.24, 2.45) is 4.99 Å². The van der Waals surface area contributed by atoms with E-state index in [0.29, 0.717) is 13.1 Å². The lowest BCUT2D eigenvalue weighted by Gasteiger charge is -2.11. The Labute approximate surface area is 178 Å². The van der Waals surface area contributed by atoms with Crippen molar-refractivity contribution < 1.29 is 4.79 Å². The number of aromatic nitrogens is 1. The standard InChI is InChI=1S/C24H31N3OS/c1-6-9-10-19-11-13-21(14-12-19)27-17(4)15-20(18(27)5)16-22-23(28)26(8-3)24(29-22)25-7-2/h11-16H,6-10H2,1-5H3/b22-16+,25-24?. The molecule has 1 aliphatic heterocycles. The summed E-state index contributed by atoms with van der Waals surface area (Å²) in [6.07, 6.45) is 5.59. The van der Waals surface area contributed by atoms with Crippen molar-refractivity contribution in [3.05, 3.63) is 57.8 Å². The van der Waals surface area contributed by atoms with Crippen LogP contribution in [0.1, 0.15) is 56.1 Å². The van der Waals surface area contributed by atoms with Crippen LogP contribution in [0, 0.1) is 13.8 Å². The number of amides is 1. The molecule has 0 radical (unpaired) electrons. The number of rotatable bonds is 7. The number of hydrogen-bond acceptors (Lipinski definition) is 3. The third-order valence-corrected chi connectivity index (χ3v) is 6.31. The molecule has 29 heavy (non-hydrogen) atoms. The molecule has 1 aliphatic rings. The Bertz CT molecular complexity index is 938.